The van der Waals surface area contributed by atoms with Crippen LogP contribution < -0.4 is 0 Å². The molecule has 2 heterocycles. The van der Waals surface area contributed by atoms with Crippen LogP contribution in [-0.4, -0.2) is 41.0 Å². The molecule has 2 atom stereocenters. The Morgan fingerprint density at radius 2 is 1.88 bits per heavy atom. The van der Waals surface area contributed by atoms with Crippen LogP contribution in [0.5, 0.6) is 0 Å². The summed E-state index contributed by atoms with van der Waals surface area (Å²) < 4.78 is 7.80. The first kappa shape index (κ1) is 16.8. The number of rotatable bonds is 5. The van der Waals surface area contributed by atoms with Gasteiger partial charge in [-0.3, -0.25) is 9.58 Å². The van der Waals surface area contributed by atoms with Crippen LogP contribution in [0.3, 0.4) is 0 Å². The van der Waals surface area contributed by atoms with Crippen molar-refractivity contribution in [2.45, 2.75) is 51.3 Å². The van der Waals surface area contributed by atoms with Gasteiger partial charge in [-0.25, -0.2) is 0 Å². The van der Waals surface area contributed by atoms with Crippen LogP contribution in [-0.2, 0) is 17.8 Å². The van der Waals surface area contributed by atoms with E-state index in [4.69, 9.17) is 4.74 Å². The van der Waals surface area contributed by atoms with Crippen LogP contribution in [0.15, 0.2) is 42.7 Å². The summed E-state index contributed by atoms with van der Waals surface area (Å²) in [6, 6.07) is 11.0. The minimum atomic E-state index is 0.410. The summed E-state index contributed by atoms with van der Waals surface area (Å²) in [7, 11) is 1.90. The second kappa shape index (κ2) is 7.30. The Labute approximate surface area is 150 Å². The maximum Gasteiger partial charge on any atom is 0.0659 e. The van der Waals surface area contributed by atoms with Crippen LogP contribution >= 0.6 is 0 Å². The number of hydrogen-bond donors (Lipinski definition) is 0. The molecule has 134 valence electrons. The van der Waals surface area contributed by atoms with Gasteiger partial charge < -0.3 is 4.74 Å². The standard InChI is InChI=1S/C21H29N3O/c1-25-20-5-2-10-21(20)11-3-13-23(17-21)15-18-6-8-19(9-7-18)16-24-14-4-12-22-24/h4,6-9,12,14,20H,2-3,5,10-11,13,15-17H2,1H3/t20-,21-/m1/s1. The zero-order valence-corrected chi connectivity index (χ0v) is 15.2. The van der Waals surface area contributed by atoms with Gasteiger partial charge in [-0.15, -0.1) is 0 Å². The monoisotopic (exact) mass is 339 g/mol. The van der Waals surface area contributed by atoms with E-state index >= 15 is 0 Å². The van der Waals surface area contributed by atoms with Crippen LogP contribution in [0.25, 0.3) is 0 Å². The molecular weight excluding hydrogens is 310 g/mol. The summed E-state index contributed by atoms with van der Waals surface area (Å²) in [5.41, 5.74) is 3.12. The maximum atomic E-state index is 5.83. The molecule has 0 N–H and O–H groups in total. The lowest BCUT2D eigenvalue weighted by Crippen LogP contribution is -2.47. The highest BCUT2D eigenvalue weighted by Crippen LogP contribution is 2.46. The molecule has 1 spiro atoms. The molecule has 0 bridgehead atoms. The van der Waals surface area contributed by atoms with E-state index in [9.17, 15) is 0 Å². The number of benzene rings is 1. The Bertz CT molecular complexity index is 667. The van der Waals surface area contributed by atoms with E-state index in [1.807, 2.05) is 30.3 Å². The molecule has 0 radical (unpaired) electrons. The molecule has 1 saturated heterocycles. The van der Waals surface area contributed by atoms with Crippen molar-refractivity contribution in [1.29, 1.82) is 0 Å². The van der Waals surface area contributed by atoms with E-state index in [0.717, 1.165) is 13.1 Å². The lowest BCUT2D eigenvalue weighted by atomic mass is 9.76. The topological polar surface area (TPSA) is 30.3 Å². The molecule has 1 aliphatic heterocycles. The summed E-state index contributed by atoms with van der Waals surface area (Å²) in [5.74, 6) is 0. The quantitative estimate of drug-likeness (QED) is 0.832. The molecule has 1 aromatic carbocycles. The third-order valence-electron chi connectivity index (χ3n) is 6.13. The second-order valence-corrected chi connectivity index (χ2v) is 7.81. The van der Waals surface area contributed by atoms with Gasteiger partial charge in [-0.05, 0) is 49.4 Å². The average molecular weight is 339 g/mol. The molecule has 25 heavy (non-hydrogen) atoms. The smallest absolute Gasteiger partial charge is 0.0659 e. The Balaban J connectivity index is 1.38. The van der Waals surface area contributed by atoms with E-state index in [1.165, 1.54) is 56.3 Å². The first-order valence-corrected chi connectivity index (χ1v) is 9.58. The molecule has 1 saturated carbocycles. The van der Waals surface area contributed by atoms with Gasteiger partial charge in [0.2, 0.25) is 0 Å². The molecule has 1 aromatic heterocycles. The number of hydrogen-bond acceptors (Lipinski definition) is 3. The van der Waals surface area contributed by atoms with Gasteiger partial charge in [0.25, 0.3) is 0 Å². The number of nitrogens with zero attached hydrogens (tertiary/aromatic N) is 3. The van der Waals surface area contributed by atoms with Gasteiger partial charge in [0.1, 0.15) is 0 Å². The maximum absolute atomic E-state index is 5.83. The lowest BCUT2D eigenvalue weighted by Gasteiger charge is -2.43. The highest BCUT2D eigenvalue weighted by atomic mass is 16.5. The summed E-state index contributed by atoms with van der Waals surface area (Å²) in [4.78, 5) is 2.64. The molecule has 4 heteroatoms. The summed E-state index contributed by atoms with van der Waals surface area (Å²) in [5, 5.41) is 4.28. The number of aromatic nitrogens is 2. The van der Waals surface area contributed by atoms with Crippen molar-refractivity contribution in [1.82, 2.24) is 14.7 Å². The average Bonchev–Trinajstić information content (AvgIpc) is 3.27. The fraction of sp³-hybridized carbons (Fsp3) is 0.571. The zero-order chi connectivity index (χ0) is 17.1. The first-order valence-electron chi connectivity index (χ1n) is 9.58. The Morgan fingerprint density at radius 1 is 1.12 bits per heavy atom. The molecule has 0 amide bonds. The molecule has 2 aromatic rings. The minimum Gasteiger partial charge on any atom is -0.381 e. The summed E-state index contributed by atoms with van der Waals surface area (Å²) in [6.07, 6.45) is 10.9. The number of likely N-dealkylation sites (tertiary alicyclic amines) is 1. The molecular formula is C21H29N3O. The van der Waals surface area contributed by atoms with E-state index < -0.39 is 0 Å². The molecule has 0 unspecified atom stereocenters. The van der Waals surface area contributed by atoms with Gasteiger partial charge >= 0.3 is 0 Å². The van der Waals surface area contributed by atoms with E-state index in [2.05, 4.69) is 34.3 Å². The van der Waals surface area contributed by atoms with Crippen molar-refractivity contribution in [3.63, 3.8) is 0 Å². The molecule has 4 nitrogen and oxygen atoms in total. The fourth-order valence-corrected chi connectivity index (χ4v) is 4.92. The van der Waals surface area contributed by atoms with Crippen molar-refractivity contribution in [2.24, 2.45) is 5.41 Å². The highest BCUT2D eigenvalue weighted by Gasteiger charge is 2.45. The Hall–Kier alpha value is -1.65. The van der Waals surface area contributed by atoms with Gasteiger partial charge in [-0.1, -0.05) is 30.7 Å². The van der Waals surface area contributed by atoms with E-state index in [0.29, 0.717) is 11.5 Å². The molecule has 4 rings (SSSR count). The number of methoxy groups -OCH3 is 1. The molecule has 2 aliphatic rings. The third-order valence-corrected chi connectivity index (χ3v) is 6.13. The predicted molar refractivity (Wildman–Crippen MR) is 99.4 cm³/mol. The van der Waals surface area contributed by atoms with Crippen LogP contribution in [0, 0.1) is 5.41 Å². The van der Waals surface area contributed by atoms with Gasteiger partial charge in [0, 0.05) is 38.0 Å². The lowest BCUT2D eigenvalue weighted by molar-refractivity contribution is -0.0366. The normalized spacial score (nSPS) is 27.2. The van der Waals surface area contributed by atoms with Crippen LogP contribution in [0.4, 0.5) is 0 Å². The van der Waals surface area contributed by atoms with Crippen molar-refractivity contribution in [3.8, 4) is 0 Å². The molecule has 2 fully saturated rings. The van der Waals surface area contributed by atoms with Gasteiger partial charge in [-0.2, -0.15) is 5.10 Å². The predicted octanol–water partition coefficient (Wildman–Crippen LogP) is 3.71. The largest absolute Gasteiger partial charge is 0.381 e. The summed E-state index contributed by atoms with van der Waals surface area (Å²) >= 11 is 0. The van der Waals surface area contributed by atoms with Crippen molar-refractivity contribution >= 4 is 0 Å². The highest BCUT2D eigenvalue weighted by molar-refractivity contribution is 5.23. The fourth-order valence-electron chi connectivity index (χ4n) is 4.92. The number of piperidine rings is 1. The van der Waals surface area contributed by atoms with E-state index in [1.54, 1.807) is 0 Å². The number of ether oxygens (including phenoxy) is 1. The second-order valence-electron chi connectivity index (χ2n) is 7.81. The van der Waals surface area contributed by atoms with Crippen LogP contribution in [0.1, 0.15) is 43.2 Å². The summed E-state index contributed by atoms with van der Waals surface area (Å²) in [6.45, 7) is 4.31. The van der Waals surface area contributed by atoms with Crippen molar-refractivity contribution in [3.05, 3.63) is 53.9 Å². The van der Waals surface area contributed by atoms with Gasteiger partial charge in [0.15, 0.2) is 0 Å². The van der Waals surface area contributed by atoms with Crippen molar-refractivity contribution in [2.75, 3.05) is 20.2 Å². The Kier molecular flexibility index (Phi) is 4.91. The van der Waals surface area contributed by atoms with Crippen LogP contribution in [0.2, 0.25) is 0 Å². The zero-order valence-electron chi connectivity index (χ0n) is 15.2. The van der Waals surface area contributed by atoms with E-state index in [-0.39, 0.29) is 0 Å². The minimum absolute atomic E-state index is 0.410. The first-order chi connectivity index (χ1) is 12.3. The van der Waals surface area contributed by atoms with Gasteiger partial charge in [0.05, 0.1) is 12.6 Å². The third kappa shape index (κ3) is 3.65. The van der Waals surface area contributed by atoms with Crippen molar-refractivity contribution < 1.29 is 4.74 Å². The Morgan fingerprint density at radius 3 is 2.60 bits per heavy atom. The SMILES string of the molecule is CO[C@@H]1CCC[C@]12CCCN(Cc1ccc(Cn3cccn3)cc1)C2. The molecule has 1 aliphatic carbocycles.